The van der Waals surface area contributed by atoms with Crippen LogP contribution in [0.2, 0.25) is 10.0 Å². The van der Waals surface area contributed by atoms with Gasteiger partial charge in [-0.3, -0.25) is 13.9 Å². The summed E-state index contributed by atoms with van der Waals surface area (Å²) in [5.41, 5.74) is 0.694. The molecule has 2 amide bonds. The number of hydrogen-bond acceptors (Lipinski definition) is 4. The molecule has 3 rings (SSSR count). The fourth-order valence-electron chi connectivity index (χ4n) is 3.72. The van der Waals surface area contributed by atoms with Gasteiger partial charge in [-0.2, -0.15) is 0 Å². The quantitative estimate of drug-likeness (QED) is 0.311. The normalized spacial score (nSPS) is 12.9. The molecule has 0 aliphatic heterocycles. The lowest BCUT2D eigenvalue weighted by Crippen LogP contribution is -2.52. The third-order valence-corrected chi connectivity index (χ3v) is 8.57. The second-order valence-electron chi connectivity index (χ2n) is 9.07. The Morgan fingerprint density at radius 3 is 2.21 bits per heavy atom. The number of hydrogen-bond donors (Lipinski definition) is 1. The van der Waals surface area contributed by atoms with Gasteiger partial charge in [0.2, 0.25) is 11.8 Å². The first-order valence-corrected chi connectivity index (χ1v) is 14.5. The fraction of sp³-hybridized carbons (Fsp3) is 0.286. The topological polar surface area (TPSA) is 86.8 Å². The summed E-state index contributed by atoms with van der Waals surface area (Å²) in [7, 11) is -4.27. The summed E-state index contributed by atoms with van der Waals surface area (Å²) < 4.78 is 42.2. The van der Waals surface area contributed by atoms with Crippen molar-refractivity contribution >= 4 is 50.7 Å². The van der Waals surface area contributed by atoms with E-state index < -0.39 is 34.3 Å². The zero-order chi connectivity index (χ0) is 28.7. The van der Waals surface area contributed by atoms with Gasteiger partial charge in [0.25, 0.3) is 10.0 Å². The maximum Gasteiger partial charge on any atom is 0.264 e. The maximum atomic E-state index is 13.9. The summed E-state index contributed by atoms with van der Waals surface area (Å²) in [4.78, 5) is 28.1. The Hall–Kier alpha value is -3.14. The lowest BCUT2D eigenvalue weighted by molar-refractivity contribution is -0.139. The molecule has 39 heavy (non-hydrogen) atoms. The van der Waals surface area contributed by atoms with Crippen LogP contribution in [0.15, 0.2) is 77.7 Å². The van der Waals surface area contributed by atoms with E-state index in [0.717, 1.165) is 16.4 Å². The average Bonchev–Trinajstić information content (AvgIpc) is 2.92. The summed E-state index contributed by atoms with van der Waals surface area (Å²) in [5.74, 6) is -1.76. The number of benzene rings is 3. The lowest BCUT2D eigenvalue weighted by atomic mass is 10.1. The van der Waals surface area contributed by atoms with Gasteiger partial charge in [-0.05, 0) is 68.3 Å². The average molecular weight is 595 g/mol. The van der Waals surface area contributed by atoms with Crippen LogP contribution in [0, 0.1) is 5.82 Å². The molecule has 0 bridgehead atoms. The largest absolute Gasteiger partial charge is 0.352 e. The van der Waals surface area contributed by atoms with Crippen molar-refractivity contribution in [3.63, 3.8) is 0 Å². The predicted molar refractivity (Wildman–Crippen MR) is 152 cm³/mol. The van der Waals surface area contributed by atoms with Crippen molar-refractivity contribution in [3.05, 3.63) is 94.2 Å². The van der Waals surface area contributed by atoms with Gasteiger partial charge in [-0.1, -0.05) is 60.5 Å². The van der Waals surface area contributed by atoms with Crippen LogP contribution in [-0.4, -0.2) is 43.8 Å². The molecule has 0 spiro atoms. The molecule has 2 atom stereocenters. The number of sulfonamides is 1. The third-order valence-electron chi connectivity index (χ3n) is 6.24. The lowest BCUT2D eigenvalue weighted by Gasteiger charge is -2.32. The van der Waals surface area contributed by atoms with Crippen LogP contribution in [-0.2, 0) is 26.2 Å². The molecule has 0 heterocycles. The Balaban J connectivity index is 2.03. The molecule has 0 saturated heterocycles. The summed E-state index contributed by atoms with van der Waals surface area (Å²) in [6, 6.07) is 16.7. The van der Waals surface area contributed by atoms with Gasteiger partial charge in [0.1, 0.15) is 18.4 Å². The Morgan fingerprint density at radius 1 is 0.974 bits per heavy atom. The standard InChI is InChI=1S/C28H30Cl2FN3O4S/c1-4-19(2)32-28(36)20(3)33(17-21-10-12-22(29)13-11-21)27(35)18-34(23-14-15-26(31)25(30)16-23)39(37,38)24-8-6-5-7-9-24/h5-16,19-20H,4,17-18H2,1-3H3,(H,32,36)/t19-,20-/m0/s1. The highest BCUT2D eigenvalue weighted by Gasteiger charge is 2.33. The molecule has 0 unspecified atom stereocenters. The second kappa shape index (κ2) is 13.3. The molecule has 0 radical (unpaired) electrons. The Labute approximate surface area is 238 Å². The van der Waals surface area contributed by atoms with Crippen molar-refractivity contribution in [1.29, 1.82) is 0 Å². The van der Waals surface area contributed by atoms with E-state index in [0.29, 0.717) is 17.0 Å². The summed E-state index contributed by atoms with van der Waals surface area (Å²) in [6.45, 7) is 4.72. The van der Waals surface area contributed by atoms with Crippen LogP contribution in [0.25, 0.3) is 0 Å². The van der Waals surface area contributed by atoms with Crippen molar-refractivity contribution in [3.8, 4) is 0 Å². The molecule has 0 aliphatic carbocycles. The number of carbonyl (C=O) groups is 2. The first-order chi connectivity index (χ1) is 18.4. The maximum absolute atomic E-state index is 13.9. The van der Waals surface area contributed by atoms with E-state index in [2.05, 4.69) is 5.32 Å². The molecule has 11 heteroatoms. The van der Waals surface area contributed by atoms with Crippen molar-refractivity contribution < 1.29 is 22.4 Å². The van der Waals surface area contributed by atoms with E-state index in [-0.39, 0.29) is 34.1 Å². The molecule has 7 nitrogen and oxygen atoms in total. The number of carbonyl (C=O) groups excluding carboxylic acids is 2. The van der Waals surface area contributed by atoms with Gasteiger partial charge >= 0.3 is 0 Å². The summed E-state index contributed by atoms with van der Waals surface area (Å²) in [6.07, 6.45) is 0.692. The van der Waals surface area contributed by atoms with Crippen LogP contribution < -0.4 is 9.62 Å². The van der Waals surface area contributed by atoms with Crippen molar-refractivity contribution in [2.24, 2.45) is 0 Å². The minimum absolute atomic E-state index is 0.00163. The van der Waals surface area contributed by atoms with E-state index in [1.165, 1.54) is 23.1 Å². The number of amides is 2. The SMILES string of the molecule is CC[C@H](C)NC(=O)[C@H](C)N(Cc1ccc(Cl)cc1)C(=O)CN(c1ccc(F)c(Cl)c1)S(=O)(=O)c1ccccc1. The van der Waals surface area contributed by atoms with Crippen LogP contribution in [0.1, 0.15) is 32.8 Å². The van der Waals surface area contributed by atoms with E-state index in [4.69, 9.17) is 23.2 Å². The smallest absolute Gasteiger partial charge is 0.264 e. The van der Waals surface area contributed by atoms with E-state index in [1.807, 2.05) is 13.8 Å². The van der Waals surface area contributed by atoms with Crippen LogP contribution in [0.4, 0.5) is 10.1 Å². The first-order valence-electron chi connectivity index (χ1n) is 12.3. The molecule has 0 saturated carbocycles. The second-order valence-corrected chi connectivity index (χ2v) is 11.8. The Bertz CT molecular complexity index is 1410. The minimum Gasteiger partial charge on any atom is -0.352 e. The van der Waals surface area contributed by atoms with E-state index in [1.54, 1.807) is 49.4 Å². The van der Waals surface area contributed by atoms with Gasteiger partial charge < -0.3 is 10.2 Å². The van der Waals surface area contributed by atoms with Crippen molar-refractivity contribution in [2.45, 2.75) is 50.7 Å². The number of anilines is 1. The van der Waals surface area contributed by atoms with Crippen LogP contribution >= 0.6 is 23.2 Å². The third kappa shape index (κ3) is 7.71. The first kappa shape index (κ1) is 30.4. The number of nitrogens with one attached hydrogen (secondary N) is 1. The molecular formula is C28H30Cl2FN3O4S. The van der Waals surface area contributed by atoms with Crippen molar-refractivity contribution in [1.82, 2.24) is 10.2 Å². The summed E-state index contributed by atoms with van der Waals surface area (Å²) >= 11 is 12.0. The number of halogens is 3. The van der Waals surface area contributed by atoms with E-state index in [9.17, 15) is 22.4 Å². The molecule has 0 aromatic heterocycles. The van der Waals surface area contributed by atoms with Gasteiger partial charge in [-0.15, -0.1) is 0 Å². The molecule has 0 fully saturated rings. The van der Waals surface area contributed by atoms with Crippen LogP contribution in [0.3, 0.4) is 0 Å². The van der Waals surface area contributed by atoms with Crippen molar-refractivity contribution in [2.75, 3.05) is 10.8 Å². The Morgan fingerprint density at radius 2 is 1.62 bits per heavy atom. The van der Waals surface area contributed by atoms with E-state index >= 15 is 0 Å². The highest BCUT2D eigenvalue weighted by Crippen LogP contribution is 2.28. The number of nitrogens with zero attached hydrogens (tertiary/aromatic N) is 2. The Kier molecular flexibility index (Phi) is 10.4. The predicted octanol–water partition coefficient (Wildman–Crippen LogP) is 5.66. The fourth-order valence-corrected chi connectivity index (χ4v) is 5.45. The van der Waals surface area contributed by atoms with Gasteiger partial charge in [0.15, 0.2) is 0 Å². The monoisotopic (exact) mass is 593 g/mol. The highest BCUT2D eigenvalue weighted by molar-refractivity contribution is 7.92. The van der Waals surface area contributed by atoms with Crippen LogP contribution in [0.5, 0.6) is 0 Å². The minimum atomic E-state index is -4.27. The number of rotatable bonds is 11. The van der Waals surface area contributed by atoms with Gasteiger partial charge in [0, 0.05) is 17.6 Å². The van der Waals surface area contributed by atoms with Gasteiger partial charge in [-0.25, -0.2) is 12.8 Å². The molecule has 1 N–H and O–H groups in total. The molecular weight excluding hydrogens is 564 g/mol. The zero-order valence-electron chi connectivity index (χ0n) is 21.8. The molecule has 0 aliphatic rings. The zero-order valence-corrected chi connectivity index (χ0v) is 24.1. The highest BCUT2D eigenvalue weighted by atomic mass is 35.5. The van der Waals surface area contributed by atoms with Gasteiger partial charge in [0.05, 0.1) is 15.6 Å². The summed E-state index contributed by atoms with van der Waals surface area (Å²) in [5, 5.41) is 3.08. The molecule has 3 aromatic carbocycles. The molecule has 3 aromatic rings. The molecule has 208 valence electrons.